The van der Waals surface area contributed by atoms with Crippen LogP contribution in [0.1, 0.15) is 30.4 Å². The molecule has 1 aromatic rings. The van der Waals surface area contributed by atoms with Gasteiger partial charge in [-0.05, 0) is 62.4 Å². The van der Waals surface area contributed by atoms with Crippen molar-refractivity contribution in [1.82, 2.24) is 5.32 Å². The molecule has 0 saturated heterocycles. The standard InChI is InChI=1S/C15H20F3N/c1-19-10-13-4-2-3-12(13)9-11-5-7-14(8-6-11)15(16,17)18/h5-8,12-13,19H,2-4,9-10H2,1H3. The summed E-state index contributed by atoms with van der Waals surface area (Å²) >= 11 is 0. The summed E-state index contributed by atoms with van der Waals surface area (Å²) in [7, 11) is 1.95. The molecule has 1 aromatic carbocycles. The Morgan fingerprint density at radius 2 is 1.74 bits per heavy atom. The first-order chi connectivity index (χ1) is 9.00. The van der Waals surface area contributed by atoms with Crippen molar-refractivity contribution < 1.29 is 13.2 Å². The second-order valence-corrected chi connectivity index (χ2v) is 5.41. The molecule has 0 heterocycles. The van der Waals surface area contributed by atoms with Crippen LogP contribution in [0, 0.1) is 11.8 Å². The molecule has 1 aliphatic carbocycles. The molecule has 0 amide bonds. The molecular weight excluding hydrogens is 251 g/mol. The van der Waals surface area contributed by atoms with Crippen LogP contribution >= 0.6 is 0 Å². The zero-order valence-electron chi connectivity index (χ0n) is 11.1. The molecule has 1 nitrogen and oxygen atoms in total. The first kappa shape index (κ1) is 14.4. The second kappa shape index (κ2) is 5.95. The van der Waals surface area contributed by atoms with Crippen molar-refractivity contribution in [3.05, 3.63) is 35.4 Å². The van der Waals surface area contributed by atoms with Crippen molar-refractivity contribution in [1.29, 1.82) is 0 Å². The van der Waals surface area contributed by atoms with Crippen LogP contribution in [-0.2, 0) is 12.6 Å². The maximum absolute atomic E-state index is 12.5. The van der Waals surface area contributed by atoms with E-state index in [1.807, 2.05) is 7.05 Å². The highest BCUT2D eigenvalue weighted by atomic mass is 19.4. The lowest BCUT2D eigenvalue weighted by Gasteiger charge is -2.19. The molecule has 106 valence electrons. The molecule has 1 aliphatic rings. The van der Waals surface area contributed by atoms with Gasteiger partial charge in [-0.25, -0.2) is 0 Å². The van der Waals surface area contributed by atoms with Crippen LogP contribution in [0.3, 0.4) is 0 Å². The van der Waals surface area contributed by atoms with Crippen LogP contribution in [0.4, 0.5) is 13.2 Å². The minimum Gasteiger partial charge on any atom is -0.319 e. The van der Waals surface area contributed by atoms with E-state index in [0.29, 0.717) is 11.8 Å². The number of halogens is 3. The van der Waals surface area contributed by atoms with Gasteiger partial charge in [-0.3, -0.25) is 0 Å². The average molecular weight is 271 g/mol. The number of rotatable bonds is 4. The average Bonchev–Trinajstić information content (AvgIpc) is 2.77. The van der Waals surface area contributed by atoms with Crippen LogP contribution in [0.25, 0.3) is 0 Å². The Morgan fingerprint density at radius 3 is 2.32 bits per heavy atom. The van der Waals surface area contributed by atoms with Gasteiger partial charge in [0.2, 0.25) is 0 Å². The predicted octanol–water partition coefficient (Wildman–Crippen LogP) is 3.88. The first-order valence-electron chi connectivity index (χ1n) is 6.81. The number of nitrogens with one attached hydrogen (secondary N) is 1. The summed E-state index contributed by atoms with van der Waals surface area (Å²) in [5.41, 5.74) is 0.454. The Morgan fingerprint density at radius 1 is 1.11 bits per heavy atom. The Hall–Kier alpha value is -1.03. The molecule has 0 aliphatic heterocycles. The van der Waals surface area contributed by atoms with Crippen molar-refractivity contribution in [2.75, 3.05) is 13.6 Å². The summed E-state index contributed by atoms with van der Waals surface area (Å²) in [6.45, 7) is 1.01. The molecule has 1 saturated carbocycles. The quantitative estimate of drug-likeness (QED) is 0.876. The van der Waals surface area contributed by atoms with Gasteiger partial charge in [0.1, 0.15) is 0 Å². The van der Waals surface area contributed by atoms with Gasteiger partial charge in [-0.2, -0.15) is 13.2 Å². The molecule has 0 bridgehead atoms. The lowest BCUT2D eigenvalue weighted by molar-refractivity contribution is -0.137. The predicted molar refractivity (Wildman–Crippen MR) is 69.9 cm³/mol. The first-order valence-corrected chi connectivity index (χ1v) is 6.81. The fraction of sp³-hybridized carbons (Fsp3) is 0.600. The largest absolute Gasteiger partial charge is 0.416 e. The molecule has 4 heteroatoms. The molecule has 1 N–H and O–H groups in total. The van der Waals surface area contributed by atoms with Gasteiger partial charge in [0.15, 0.2) is 0 Å². The summed E-state index contributed by atoms with van der Waals surface area (Å²) in [4.78, 5) is 0. The highest BCUT2D eigenvalue weighted by Gasteiger charge is 2.30. The normalized spacial score (nSPS) is 23.8. The third kappa shape index (κ3) is 3.72. The maximum atomic E-state index is 12.5. The van der Waals surface area contributed by atoms with Gasteiger partial charge < -0.3 is 5.32 Å². The fourth-order valence-electron chi connectivity index (χ4n) is 3.05. The third-order valence-corrected chi connectivity index (χ3v) is 4.06. The van der Waals surface area contributed by atoms with Gasteiger partial charge in [-0.1, -0.05) is 18.6 Å². The Bertz CT molecular complexity index is 397. The van der Waals surface area contributed by atoms with Crippen LogP contribution in [-0.4, -0.2) is 13.6 Å². The Labute approximate surface area is 112 Å². The highest BCUT2D eigenvalue weighted by Crippen LogP contribution is 2.34. The van der Waals surface area contributed by atoms with E-state index in [9.17, 15) is 13.2 Å². The summed E-state index contributed by atoms with van der Waals surface area (Å²) < 4.78 is 37.4. The number of hydrogen-bond donors (Lipinski definition) is 1. The van der Waals surface area contributed by atoms with E-state index in [-0.39, 0.29) is 0 Å². The van der Waals surface area contributed by atoms with Gasteiger partial charge in [0, 0.05) is 0 Å². The zero-order valence-corrected chi connectivity index (χ0v) is 11.1. The van der Waals surface area contributed by atoms with Crippen molar-refractivity contribution in [3.8, 4) is 0 Å². The molecular formula is C15H20F3N. The van der Waals surface area contributed by atoms with E-state index in [1.54, 1.807) is 12.1 Å². The maximum Gasteiger partial charge on any atom is 0.416 e. The Kier molecular flexibility index (Phi) is 4.50. The molecule has 2 rings (SSSR count). The van der Waals surface area contributed by atoms with E-state index in [4.69, 9.17) is 0 Å². The smallest absolute Gasteiger partial charge is 0.319 e. The number of alkyl halides is 3. The fourth-order valence-corrected chi connectivity index (χ4v) is 3.05. The summed E-state index contributed by atoms with van der Waals surface area (Å²) in [5, 5.41) is 3.21. The topological polar surface area (TPSA) is 12.0 Å². The van der Waals surface area contributed by atoms with Gasteiger partial charge in [0.25, 0.3) is 0 Å². The molecule has 1 fully saturated rings. The van der Waals surface area contributed by atoms with Gasteiger partial charge >= 0.3 is 6.18 Å². The molecule has 0 aromatic heterocycles. The molecule has 2 unspecified atom stereocenters. The van der Waals surface area contributed by atoms with E-state index in [1.165, 1.54) is 31.4 Å². The van der Waals surface area contributed by atoms with Crippen LogP contribution in [0.15, 0.2) is 24.3 Å². The van der Waals surface area contributed by atoms with Crippen LogP contribution in [0.5, 0.6) is 0 Å². The van der Waals surface area contributed by atoms with Gasteiger partial charge in [0.05, 0.1) is 5.56 Å². The van der Waals surface area contributed by atoms with Crippen molar-refractivity contribution in [3.63, 3.8) is 0 Å². The van der Waals surface area contributed by atoms with E-state index in [0.717, 1.165) is 18.5 Å². The SMILES string of the molecule is CNCC1CCCC1Cc1ccc(C(F)(F)F)cc1. The van der Waals surface area contributed by atoms with Crippen LogP contribution in [0.2, 0.25) is 0 Å². The second-order valence-electron chi connectivity index (χ2n) is 5.41. The van der Waals surface area contributed by atoms with E-state index >= 15 is 0 Å². The molecule has 2 atom stereocenters. The summed E-state index contributed by atoms with van der Waals surface area (Å²) in [6.07, 6.45) is 0.308. The molecule has 0 spiro atoms. The van der Waals surface area contributed by atoms with E-state index in [2.05, 4.69) is 5.32 Å². The minimum atomic E-state index is -4.24. The van der Waals surface area contributed by atoms with Crippen molar-refractivity contribution >= 4 is 0 Å². The lowest BCUT2D eigenvalue weighted by Crippen LogP contribution is -2.23. The summed E-state index contributed by atoms with van der Waals surface area (Å²) in [6, 6.07) is 5.63. The van der Waals surface area contributed by atoms with Crippen molar-refractivity contribution in [2.24, 2.45) is 11.8 Å². The van der Waals surface area contributed by atoms with Crippen molar-refractivity contribution in [2.45, 2.75) is 31.9 Å². The third-order valence-electron chi connectivity index (χ3n) is 4.06. The lowest BCUT2D eigenvalue weighted by atomic mass is 9.89. The monoisotopic (exact) mass is 271 g/mol. The van der Waals surface area contributed by atoms with Gasteiger partial charge in [-0.15, -0.1) is 0 Å². The molecule has 19 heavy (non-hydrogen) atoms. The summed E-state index contributed by atoms with van der Waals surface area (Å²) in [5.74, 6) is 1.26. The van der Waals surface area contributed by atoms with Crippen LogP contribution < -0.4 is 5.32 Å². The Balaban J connectivity index is 1.99. The minimum absolute atomic E-state index is 0.561. The molecule has 0 radical (unpaired) electrons. The van der Waals surface area contributed by atoms with E-state index < -0.39 is 11.7 Å². The number of benzene rings is 1. The highest BCUT2D eigenvalue weighted by molar-refractivity contribution is 5.25. The number of hydrogen-bond acceptors (Lipinski definition) is 1. The zero-order chi connectivity index (χ0) is 13.9.